The first-order valence-corrected chi connectivity index (χ1v) is 16.0. The van der Waals surface area contributed by atoms with Crippen LogP contribution < -0.4 is 0 Å². The van der Waals surface area contributed by atoms with Crippen LogP contribution in [0.25, 0.3) is 0 Å². The van der Waals surface area contributed by atoms with Crippen molar-refractivity contribution in [1.82, 2.24) is 0 Å². The van der Waals surface area contributed by atoms with Crippen LogP contribution in [0.4, 0.5) is 0 Å². The SMILES string of the molecule is c1ccc(C(CCCO[Si]CC[Si]OCCCC(c2ccccc2)c2ccccc2)c2ccccc2)cc1. The molecule has 0 aromatic heterocycles. The molecule has 0 bridgehead atoms. The van der Waals surface area contributed by atoms with Gasteiger partial charge in [0.05, 0.1) is 0 Å². The monoisotopic (exact) mass is 534 g/mol. The zero-order valence-corrected chi connectivity index (χ0v) is 24.2. The van der Waals surface area contributed by atoms with E-state index in [0.29, 0.717) is 31.4 Å². The van der Waals surface area contributed by atoms with Crippen LogP contribution in [-0.2, 0) is 8.85 Å². The summed E-state index contributed by atoms with van der Waals surface area (Å²) < 4.78 is 12.0. The van der Waals surface area contributed by atoms with Crippen LogP contribution in [0.2, 0.25) is 12.1 Å². The van der Waals surface area contributed by atoms with E-state index >= 15 is 0 Å². The van der Waals surface area contributed by atoms with Crippen molar-refractivity contribution >= 4 is 19.5 Å². The lowest BCUT2D eigenvalue weighted by Gasteiger charge is -2.18. The third-order valence-electron chi connectivity index (χ3n) is 6.82. The lowest BCUT2D eigenvalue weighted by Crippen LogP contribution is -2.08. The first kappa shape index (κ1) is 28.2. The molecule has 0 N–H and O–H groups in total. The quantitative estimate of drug-likeness (QED) is 0.100. The molecule has 0 unspecified atom stereocenters. The van der Waals surface area contributed by atoms with Gasteiger partial charge in [-0.2, -0.15) is 0 Å². The molecule has 0 fully saturated rings. The maximum Gasteiger partial charge on any atom is 0.229 e. The molecular weight excluding hydrogens is 497 g/mol. The summed E-state index contributed by atoms with van der Waals surface area (Å²) in [6.07, 6.45) is 4.36. The molecule has 4 aromatic carbocycles. The van der Waals surface area contributed by atoms with E-state index in [9.17, 15) is 0 Å². The maximum atomic E-state index is 5.99. The van der Waals surface area contributed by atoms with Gasteiger partial charge in [-0.25, -0.2) is 0 Å². The number of benzene rings is 4. The van der Waals surface area contributed by atoms with E-state index in [-0.39, 0.29) is 0 Å². The fourth-order valence-electron chi connectivity index (χ4n) is 4.90. The van der Waals surface area contributed by atoms with Crippen molar-refractivity contribution in [3.05, 3.63) is 144 Å². The van der Waals surface area contributed by atoms with Gasteiger partial charge in [0, 0.05) is 25.0 Å². The van der Waals surface area contributed by atoms with Crippen molar-refractivity contribution in [3.63, 3.8) is 0 Å². The van der Waals surface area contributed by atoms with E-state index in [1.807, 2.05) is 0 Å². The van der Waals surface area contributed by atoms with Gasteiger partial charge < -0.3 is 8.85 Å². The van der Waals surface area contributed by atoms with Crippen LogP contribution in [0, 0.1) is 0 Å². The lowest BCUT2D eigenvalue weighted by atomic mass is 9.88. The number of hydrogen-bond acceptors (Lipinski definition) is 2. The Morgan fingerprint density at radius 1 is 0.421 bits per heavy atom. The van der Waals surface area contributed by atoms with Crippen LogP contribution in [-0.4, -0.2) is 32.7 Å². The summed E-state index contributed by atoms with van der Waals surface area (Å²) in [6.45, 7) is 1.66. The van der Waals surface area contributed by atoms with Crippen molar-refractivity contribution in [1.29, 1.82) is 0 Å². The van der Waals surface area contributed by atoms with Crippen molar-refractivity contribution in [2.24, 2.45) is 0 Å². The Balaban J connectivity index is 1.07. The Morgan fingerprint density at radius 2 is 0.711 bits per heavy atom. The second-order valence-electron chi connectivity index (χ2n) is 9.52. The molecular formula is C34H38O2Si2. The van der Waals surface area contributed by atoms with Crippen molar-refractivity contribution < 1.29 is 8.85 Å². The minimum Gasteiger partial charge on any atom is -0.417 e. The normalized spacial score (nSPS) is 11.3. The summed E-state index contributed by atoms with van der Waals surface area (Å²) in [5, 5.41) is 0. The van der Waals surface area contributed by atoms with E-state index in [1.54, 1.807) is 0 Å². The Morgan fingerprint density at radius 3 is 1.00 bits per heavy atom. The van der Waals surface area contributed by atoms with Gasteiger partial charge in [0.15, 0.2) is 0 Å². The van der Waals surface area contributed by atoms with E-state index < -0.39 is 0 Å². The lowest BCUT2D eigenvalue weighted by molar-refractivity contribution is 0.314. The van der Waals surface area contributed by atoms with Crippen molar-refractivity contribution in [2.45, 2.75) is 49.6 Å². The van der Waals surface area contributed by atoms with Gasteiger partial charge in [0.1, 0.15) is 0 Å². The largest absolute Gasteiger partial charge is 0.417 e. The van der Waals surface area contributed by atoms with Crippen LogP contribution >= 0.6 is 0 Å². The topological polar surface area (TPSA) is 18.5 Å². The molecule has 2 nitrogen and oxygen atoms in total. The molecule has 0 heterocycles. The highest BCUT2D eigenvalue weighted by Crippen LogP contribution is 2.30. The van der Waals surface area contributed by atoms with E-state index in [4.69, 9.17) is 8.85 Å². The minimum absolute atomic E-state index is 0.433. The second-order valence-corrected chi connectivity index (χ2v) is 11.7. The van der Waals surface area contributed by atoms with Gasteiger partial charge in [0.2, 0.25) is 19.5 Å². The molecule has 38 heavy (non-hydrogen) atoms. The minimum atomic E-state index is 0.433. The molecule has 4 heteroatoms. The highest BCUT2D eigenvalue weighted by Gasteiger charge is 2.14. The summed E-state index contributed by atoms with van der Waals surface area (Å²) >= 11 is 0. The third-order valence-corrected chi connectivity index (χ3v) is 9.04. The Bertz CT molecular complexity index is 952. The maximum absolute atomic E-state index is 5.99. The van der Waals surface area contributed by atoms with Gasteiger partial charge in [-0.1, -0.05) is 121 Å². The fraction of sp³-hybridized carbons (Fsp3) is 0.294. The van der Waals surface area contributed by atoms with Gasteiger partial charge in [-0.15, -0.1) is 0 Å². The summed E-state index contributed by atoms with van der Waals surface area (Å²) in [7, 11) is 1.13. The van der Waals surface area contributed by atoms with Gasteiger partial charge in [-0.3, -0.25) is 0 Å². The third kappa shape index (κ3) is 9.52. The first-order chi connectivity index (χ1) is 18.9. The van der Waals surface area contributed by atoms with Crippen molar-refractivity contribution in [3.8, 4) is 0 Å². The summed E-state index contributed by atoms with van der Waals surface area (Å²) in [4.78, 5) is 0. The van der Waals surface area contributed by atoms with Crippen LogP contribution in [0.15, 0.2) is 121 Å². The standard InChI is InChI=1S/C34H38O2Si2/c1-5-15-29(16-6-1)33(30-17-7-2-8-18-30)23-13-25-35-37-27-28-38-36-26-14-24-34(31-19-9-3-10-20-31)32-21-11-4-12-22-32/h1-12,15-22,33-34H,13-14,23-28H2. The second kappa shape index (κ2) is 16.9. The molecule has 0 saturated carbocycles. The fourth-order valence-corrected chi connectivity index (χ4v) is 6.59. The molecule has 0 aliphatic heterocycles. The number of hydrogen-bond donors (Lipinski definition) is 0. The summed E-state index contributed by atoms with van der Waals surface area (Å²) in [5.41, 5.74) is 5.55. The molecule has 0 aliphatic carbocycles. The van der Waals surface area contributed by atoms with Gasteiger partial charge in [0.25, 0.3) is 0 Å². The number of rotatable bonds is 17. The highest BCUT2D eigenvalue weighted by molar-refractivity contribution is 6.34. The Labute approximate surface area is 234 Å². The van der Waals surface area contributed by atoms with Crippen LogP contribution in [0.1, 0.15) is 59.8 Å². The smallest absolute Gasteiger partial charge is 0.229 e. The first-order valence-electron chi connectivity index (χ1n) is 13.8. The van der Waals surface area contributed by atoms with Crippen LogP contribution in [0.3, 0.4) is 0 Å². The zero-order chi connectivity index (χ0) is 26.1. The molecule has 4 aromatic rings. The predicted octanol–water partition coefficient (Wildman–Crippen LogP) is 8.32. The average molecular weight is 535 g/mol. The van der Waals surface area contributed by atoms with E-state index in [1.165, 1.54) is 22.3 Å². The molecule has 0 saturated heterocycles. The Kier molecular flexibility index (Phi) is 12.6. The van der Waals surface area contributed by atoms with E-state index in [2.05, 4.69) is 121 Å². The molecule has 4 rings (SSSR count). The summed E-state index contributed by atoms with van der Waals surface area (Å²) in [5.74, 6) is 0.866. The zero-order valence-electron chi connectivity index (χ0n) is 22.2. The molecule has 4 radical (unpaired) electrons. The predicted molar refractivity (Wildman–Crippen MR) is 161 cm³/mol. The average Bonchev–Trinajstić information content (AvgIpc) is 2.99. The van der Waals surface area contributed by atoms with Gasteiger partial charge in [-0.05, 0) is 60.0 Å². The molecule has 0 atom stereocenters. The van der Waals surface area contributed by atoms with Crippen molar-refractivity contribution in [2.75, 3.05) is 13.2 Å². The molecule has 0 aliphatic rings. The van der Waals surface area contributed by atoms with Gasteiger partial charge >= 0.3 is 0 Å². The molecule has 0 spiro atoms. The van der Waals surface area contributed by atoms with Crippen LogP contribution in [0.5, 0.6) is 0 Å². The Hall–Kier alpha value is -2.77. The summed E-state index contributed by atoms with van der Waals surface area (Å²) in [6, 6.07) is 45.6. The highest BCUT2D eigenvalue weighted by atomic mass is 28.2. The molecule has 0 amide bonds. The molecule has 194 valence electrons. The van der Waals surface area contributed by atoms with E-state index in [0.717, 1.165) is 51.0 Å².